The van der Waals surface area contributed by atoms with Crippen LogP contribution < -0.4 is 0 Å². The van der Waals surface area contributed by atoms with E-state index in [0.717, 1.165) is 6.42 Å². The van der Waals surface area contributed by atoms with Crippen molar-refractivity contribution in [1.29, 1.82) is 0 Å². The van der Waals surface area contributed by atoms with E-state index in [0.29, 0.717) is 0 Å². The van der Waals surface area contributed by atoms with E-state index in [2.05, 4.69) is 0 Å². The lowest BCUT2D eigenvalue weighted by Gasteiger charge is -2.18. The molecule has 0 nitrogen and oxygen atoms in total. The molecular weight excluding hydrogens is 80.5 g/mol. The van der Waals surface area contributed by atoms with Crippen LogP contribution in [0.3, 0.4) is 0 Å². The van der Waals surface area contributed by atoms with Gasteiger partial charge in [0, 0.05) is 0 Å². The van der Waals surface area contributed by atoms with E-state index in [1.807, 2.05) is 13.7 Å². The summed E-state index contributed by atoms with van der Waals surface area (Å²) in [5, 5.41) is -0.542. The van der Waals surface area contributed by atoms with Gasteiger partial charge in [-0.1, -0.05) is 20.2 Å². The van der Waals surface area contributed by atoms with Crippen LogP contribution in [0.4, 0.5) is 0 Å². The van der Waals surface area contributed by atoms with Crippen LogP contribution in [-0.2, 0) is 0 Å². The molecule has 0 saturated heterocycles. The molecule has 0 aromatic heterocycles. The molecule has 3 heteroatoms. The van der Waals surface area contributed by atoms with Crippen LogP contribution in [0.25, 0.3) is 0 Å². The van der Waals surface area contributed by atoms with Crippen molar-refractivity contribution in [2.75, 3.05) is 0 Å². The summed E-state index contributed by atoms with van der Waals surface area (Å²) in [5.41, 5.74) is 0. The second kappa shape index (κ2) is 2.49. The Hall–Kier alpha value is 0.195. The third-order valence-electron chi connectivity index (χ3n) is 1.15. The molecule has 0 aliphatic heterocycles. The fraction of sp³-hybridized carbons (Fsp3) is 1.00. The van der Waals surface area contributed by atoms with Gasteiger partial charge in [-0.2, -0.15) is 0 Å². The van der Waals surface area contributed by atoms with Crippen LogP contribution in [0.1, 0.15) is 13.3 Å². The number of hydrogen-bond acceptors (Lipinski definition) is 0. The summed E-state index contributed by atoms with van der Waals surface area (Å²) in [6, 6.07) is 0. The molecule has 33 valence electrons. The Morgan fingerprint density at radius 3 is 2.00 bits per heavy atom. The maximum absolute atomic E-state index is 5.44. The summed E-state index contributed by atoms with van der Waals surface area (Å²) < 4.78 is 0. The third kappa shape index (κ3) is 2.84. The lowest BCUT2D eigenvalue weighted by atomic mass is 9.33. The molecule has 0 unspecified atom stereocenters. The van der Waals surface area contributed by atoms with Crippen molar-refractivity contribution in [2.45, 2.75) is 25.3 Å². The van der Waals surface area contributed by atoms with E-state index in [1.165, 1.54) is 0 Å². The van der Waals surface area contributed by atoms with Crippen LogP contribution in [0.15, 0.2) is 0 Å². The van der Waals surface area contributed by atoms with Crippen molar-refractivity contribution in [3.63, 3.8) is 0 Å². The molecule has 0 rings (SSSR count). The summed E-state index contributed by atoms with van der Waals surface area (Å²) in [4.78, 5) is 0. The summed E-state index contributed by atoms with van der Waals surface area (Å²) >= 11 is 0. The van der Waals surface area contributed by atoms with Gasteiger partial charge in [0.2, 0.25) is 0 Å². The van der Waals surface area contributed by atoms with Crippen LogP contribution in [0.2, 0.25) is 11.9 Å². The van der Waals surface area contributed by atoms with Crippen molar-refractivity contribution in [3.8, 4) is 0 Å². The predicted molar refractivity (Wildman–Crippen MR) is 36.1 cm³/mol. The molecule has 5 radical (unpaired) electrons. The molecule has 0 aliphatic carbocycles. The Morgan fingerprint density at radius 2 is 2.00 bits per heavy atom. The van der Waals surface area contributed by atoms with Crippen LogP contribution in [0, 0.1) is 0 Å². The molecule has 0 bridgehead atoms. The third-order valence-corrected chi connectivity index (χ3v) is 1.15. The van der Waals surface area contributed by atoms with E-state index in [4.69, 9.17) is 15.7 Å². The van der Waals surface area contributed by atoms with Crippen molar-refractivity contribution in [3.05, 3.63) is 0 Å². The van der Waals surface area contributed by atoms with E-state index in [1.54, 1.807) is 7.28 Å². The minimum atomic E-state index is -0.542. The standard InChI is InChI=1S/C4H8B3/c1-3-4(5,6)7-2/h3H2,1-2H3. The quantitative estimate of drug-likeness (QED) is 0.433. The Bertz CT molecular complexity index is 44.9. The number of hydrogen-bond donors (Lipinski definition) is 0. The molecule has 0 fully saturated rings. The van der Waals surface area contributed by atoms with Gasteiger partial charge in [-0.15, -0.1) is 5.11 Å². The first kappa shape index (κ1) is 7.19. The zero-order chi connectivity index (χ0) is 5.91. The fourth-order valence-electron chi connectivity index (χ4n) is 0.204. The fourth-order valence-corrected chi connectivity index (χ4v) is 0.204. The van der Waals surface area contributed by atoms with E-state index < -0.39 is 5.11 Å². The maximum Gasteiger partial charge on any atom is 0.0936 e. The molecular formula is C4H8B3. The van der Waals surface area contributed by atoms with Crippen molar-refractivity contribution >= 4 is 23.0 Å². The summed E-state index contributed by atoms with van der Waals surface area (Å²) in [6.45, 7) is 3.82. The predicted octanol–water partition coefficient (Wildman–Crippen LogP) is 0.559. The van der Waals surface area contributed by atoms with Crippen molar-refractivity contribution in [1.82, 2.24) is 0 Å². The Balaban J connectivity index is 3.36. The molecule has 0 spiro atoms. The highest BCUT2D eigenvalue weighted by Gasteiger charge is 2.10. The summed E-state index contributed by atoms with van der Waals surface area (Å²) in [5.74, 6) is 0. The molecule has 0 N–H and O–H groups in total. The topological polar surface area (TPSA) is 0 Å². The lowest BCUT2D eigenvalue weighted by Crippen LogP contribution is -2.17. The van der Waals surface area contributed by atoms with Gasteiger partial charge in [-0.3, -0.25) is 0 Å². The van der Waals surface area contributed by atoms with Crippen LogP contribution in [-0.4, -0.2) is 23.0 Å². The largest absolute Gasteiger partial charge is 0.124 e. The van der Waals surface area contributed by atoms with E-state index in [9.17, 15) is 0 Å². The molecule has 0 saturated carbocycles. The van der Waals surface area contributed by atoms with Gasteiger partial charge in [0.1, 0.15) is 0 Å². The minimum absolute atomic E-state index is 0.542. The first-order chi connectivity index (χ1) is 3.12. The maximum atomic E-state index is 5.44. The lowest BCUT2D eigenvalue weighted by molar-refractivity contribution is 0.947. The van der Waals surface area contributed by atoms with Gasteiger partial charge in [0.25, 0.3) is 0 Å². The van der Waals surface area contributed by atoms with Gasteiger partial charge in [0.15, 0.2) is 0 Å². The molecule has 0 amide bonds. The molecule has 0 aromatic rings. The molecule has 7 heavy (non-hydrogen) atoms. The highest BCUT2D eigenvalue weighted by molar-refractivity contribution is 6.67. The average Bonchev–Trinajstić information content (AvgIpc) is 1.68. The van der Waals surface area contributed by atoms with E-state index in [-0.39, 0.29) is 0 Å². The second-order valence-electron chi connectivity index (χ2n) is 1.75. The zero-order valence-corrected chi connectivity index (χ0v) is 4.94. The first-order valence-corrected chi connectivity index (χ1v) is 2.50. The molecule has 0 aliphatic rings. The van der Waals surface area contributed by atoms with Gasteiger partial charge in [-0.25, -0.2) is 0 Å². The number of rotatable bonds is 2. The highest BCUT2D eigenvalue weighted by atomic mass is 13.8. The van der Waals surface area contributed by atoms with Crippen LogP contribution in [0.5, 0.6) is 0 Å². The first-order valence-electron chi connectivity index (χ1n) is 2.50. The van der Waals surface area contributed by atoms with Gasteiger partial charge >= 0.3 is 0 Å². The van der Waals surface area contributed by atoms with Crippen LogP contribution >= 0.6 is 0 Å². The highest BCUT2D eigenvalue weighted by Crippen LogP contribution is 2.16. The summed E-state index contributed by atoms with van der Waals surface area (Å²) in [7, 11) is 12.7. The smallest absolute Gasteiger partial charge is 0.0936 e. The Labute approximate surface area is 49.1 Å². The monoisotopic (exact) mass is 89.1 g/mol. The second-order valence-corrected chi connectivity index (χ2v) is 1.75. The summed E-state index contributed by atoms with van der Waals surface area (Å²) in [6.07, 6.45) is 0.795. The van der Waals surface area contributed by atoms with E-state index >= 15 is 0 Å². The van der Waals surface area contributed by atoms with Gasteiger partial charge in [-0.05, 0) is 0 Å². The van der Waals surface area contributed by atoms with Gasteiger partial charge < -0.3 is 0 Å². The Morgan fingerprint density at radius 1 is 1.57 bits per heavy atom. The SMILES string of the molecule is [B]C([B])([B]C)CC. The molecule has 0 heterocycles. The van der Waals surface area contributed by atoms with Crippen molar-refractivity contribution < 1.29 is 0 Å². The zero-order valence-electron chi connectivity index (χ0n) is 4.94. The normalized spacial score (nSPS) is 11.1. The molecule has 0 aromatic carbocycles. The van der Waals surface area contributed by atoms with Crippen molar-refractivity contribution in [2.24, 2.45) is 0 Å². The minimum Gasteiger partial charge on any atom is -0.124 e. The molecule has 0 atom stereocenters. The van der Waals surface area contributed by atoms with Gasteiger partial charge in [0.05, 0.1) is 23.0 Å². The Kier molecular flexibility index (Phi) is 2.56. The average molecular weight is 88.5 g/mol.